The summed E-state index contributed by atoms with van der Waals surface area (Å²) in [5.41, 5.74) is 1.81. The SMILES string of the molecule is COc1ccc(CCN2C(=O)C[C@H](Nc3ccccc3)C2=O)cc1OC. The molecular weight excluding hydrogens is 332 g/mol. The van der Waals surface area contributed by atoms with Crippen LogP contribution >= 0.6 is 0 Å². The zero-order valence-electron chi connectivity index (χ0n) is 14.9. The Bertz CT molecular complexity index is 792. The maximum absolute atomic E-state index is 12.6. The van der Waals surface area contributed by atoms with Crippen molar-refractivity contribution in [3.8, 4) is 11.5 Å². The van der Waals surface area contributed by atoms with Crippen LogP contribution < -0.4 is 14.8 Å². The number of anilines is 1. The summed E-state index contributed by atoms with van der Waals surface area (Å²) in [7, 11) is 3.16. The van der Waals surface area contributed by atoms with Gasteiger partial charge in [-0.2, -0.15) is 0 Å². The minimum Gasteiger partial charge on any atom is -0.493 e. The molecule has 136 valence electrons. The average Bonchev–Trinajstić information content (AvgIpc) is 2.93. The summed E-state index contributed by atoms with van der Waals surface area (Å²) in [6.45, 7) is 0.347. The molecule has 0 bridgehead atoms. The van der Waals surface area contributed by atoms with Gasteiger partial charge in [-0.3, -0.25) is 14.5 Å². The van der Waals surface area contributed by atoms with Crippen molar-refractivity contribution in [1.29, 1.82) is 0 Å². The predicted octanol–water partition coefficient (Wildman–Crippen LogP) is 2.49. The largest absolute Gasteiger partial charge is 0.493 e. The molecule has 6 heteroatoms. The molecule has 1 aliphatic rings. The highest BCUT2D eigenvalue weighted by molar-refractivity contribution is 6.06. The van der Waals surface area contributed by atoms with E-state index < -0.39 is 6.04 Å². The number of nitrogens with zero attached hydrogens (tertiary/aromatic N) is 1. The third-order valence-corrected chi connectivity index (χ3v) is 4.43. The lowest BCUT2D eigenvalue weighted by molar-refractivity contribution is -0.138. The molecule has 1 fully saturated rings. The van der Waals surface area contributed by atoms with Crippen LogP contribution in [0.5, 0.6) is 11.5 Å². The van der Waals surface area contributed by atoms with Crippen molar-refractivity contribution >= 4 is 17.5 Å². The van der Waals surface area contributed by atoms with Crippen LogP contribution in [0.1, 0.15) is 12.0 Å². The number of hydrogen-bond acceptors (Lipinski definition) is 5. The highest BCUT2D eigenvalue weighted by Gasteiger charge is 2.38. The number of amides is 2. The first-order chi connectivity index (χ1) is 12.6. The van der Waals surface area contributed by atoms with E-state index in [1.807, 2.05) is 48.5 Å². The molecule has 1 aliphatic heterocycles. The summed E-state index contributed by atoms with van der Waals surface area (Å²) in [6, 6.07) is 14.5. The lowest BCUT2D eigenvalue weighted by Gasteiger charge is -2.16. The number of ether oxygens (including phenoxy) is 2. The Labute approximate surface area is 152 Å². The first-order valence-electron chi connectivity index (χ1n) is 8.49. The molecule has 1 heterocycles. The Morgan fingerprint density at radius 3 is 2.46 bits per heavy atom. The number of benzene rings is 2. The van der Waals surface area contributed by atoms with E-state index in [1.165, 1.54) is 4.90 Å². The van der Waals surface area contributed by atoms with Crippen LogP contribution in [0.2, 0.25) is 0 Å². The Hall–Kier alpha value is -3.02. The van der Waals surface area contributed by atoms with Crippen LogP contribution in [-0.4, -0.2) is 43.5 Å². The van der Waals surface area contributed by atoms with Gasteiger partial charge in [0.25, 0.3) is 5.91 Å². The van der Waals surface area contributed by atoms with Crippen molar-refractivity contribution < 1.29 is 19.1 Å². The second-order valence-electron chi connectivity index (χ2n) is 6.09. The van der Waals surface area contributed by atoms with Gasteiger partial charge in [0.1, 0.15) is 6.04 Å². The number of hydrogen-bond donors (Lipinski definition) is 1. The van der Waals surface area contributed by atoms with Crippen molar-refractivity contribution in [2.45, 2.75) is 18.9 Å². The molecule has 6 nitrogen and oxygen atoms in total. The number of carbonyl (C=O) groups excluding carboxylic acids is 2. The van der Waals surface area contributed by atoms with E-state index in [0.717, 1.165) is 11.3 Å². The summed E-state index contributed by atoms with van der Waals surface area (Å²) < 4.78 is 10.5. The van der Waals surface area contributed by atoms with Gasteiger partial charge in [0, 0.05) is 12.2 Å². The Morgan fingerprint density at radius 1 is 1.04 bits per heavy atom. The van der Waals surface area contributed by atoms with Crippen LogP contribution in [-0.2, 0) is 16.0 Å². The Kier molecular flexibility index (Phi) is 5.41. The van der Waals surface area contributed by atoms with E-state index in [-0.39, 0.29) is 18.2 Å². The van der Waals surface area contributed by atoms with Crippen molar-refractivity contribution in [1.82, 2.24) is 4.90 Å². The van der Waals surface area contributed by atoms with E-state index in [1.54, 1.807) is 14.2 Å². The number of para-hydroxylation sites is 1. The molecule has 3 rings (SSSR count). The summed E-state index contributed by atoms with van der Waals surface area (Å²) in [4.78, 5) is 26.1. The summed E-state index contributed by atoms with van der Waals surface area (Å²) in [5, 5.41) is 3.13. The predicted molar refractivity (Wildman–Crippen MR) is 98.4 cm³/mol. The standard InChI is InChI=1S/C20H22N2O4/c1-25-17-9-8-14(12-18(17)26-2)10-11-22-19(23)13-16(20(22)24)21-15-6-4-3-5-7-15/h3-9,12,16,21H,10-11,13H2,1-2H3/t16-/m0/s1. The van der Waals surface area contributed by atoms with E-state index >= 15 is 0 Å². The van der Waals surface area contributed by atoms with Gasteiger partial charge in [0.15, 0.2) is 11.5 Å². The van der Waals surface area contributed by atoms with E-state index in [4.69, 9.17) is 9.47 Å². The van der Waals surface area contributed by atoms with Crippen LogP contribution in [0.4, 0.5) is 5.69 Å². The van der Waals surface area contributed by atoms with E-state index in [2.05, 4.69) is 5.32 Å². The van der Waals surface area contributed by atoms with Gasteiger partial charge in [-0.15, -0.1) is 0 Å². The fourth-order valence-electron chi connectivity index (χ4n) is 3.04. The number of carbonyl (C=O) groups is 2. The monoisotopic (exact) mass is 354 g/mol. The highest BCUT2D eigenvalue weighted by atomic mass is 16.5. The van der Waals surface area contributed by atoms with Crippen LogP contribution in [0.15, 0.2) is 48.5 Å². The number of methoxy groups -OCH3 is 2. The normalized spacial score (nSPS) is 16.7. The van der Waals surface area contributed by atoms with Gasteiger partial charge in [0.2, 0.25) is 5.91 Å². The minimum atomic E-state index is -0.504. The Morgan fingerprint density at radius 2 is 1.77 bits per heavy atom. The van der Waals surface area contributed by atoms with Crippen molar-refractivity contribution in [2.24, 2.45) is 0 Å². The maximum atomic E-state index is 12.6. The zero-order chi connectivity index (χ0) is 18.5. The molecule has 0 spiro atoms. The molecule has 2 aromatic carbocycles. The molecular formula is C20H22N2O4. The summed E-state index contributed by atoms with van der Waals surface area (Å²) in [5.74, 6) is 0.952. The molecule has 1 N–H and O–H groups in total. The number of rotatable bonds is 7. The minimum absolute atomic E-state index is 0.149. The van der Waals surface area contributed by atoms with Gasteiger partial charge in [0.05, 0.1) is 20.6 Å². The first kappa shape index (κ1) is 17.8. The smallest absolute Gasteiger partial charge is 0.252 e. The topological polar surface area (TPSA) is 67.9 Å². The van der Waals surface area contributed by atoms with Crippen molar-refractivity contribution in [3.05, 3.63) is 54.1 Å². The molecule has 1 atom stereocenters. The molecule has 0 saturated carbocycles. The maximum Gasteiger partial charge on any atom is 0.252 e. The fraction of sp³-hybridized carbons (Fsp3) is 0.300. The number of imide groups is 1. The Balaban J connectivity index is 1.63. The summed E-state index contributed by atoms with van der Waals surface area (Å²) in [6.07, 6.45) is 0.746. The van der Waals surface area contributed by atoms with Crippen molar-refractivity contribution in [2.75, 3.05) is 26.1 Å². The van der Waals surface area contributed by atoms with E-state index in [0.29, 0.717) is 24.5 Å². The molecule has 0 radical (unpaired) electrons. The molecule has 2 amide bonds. The van der Waals surface area contributed by atoms with Crippen molar-refractivity contribution in [3.63, 3.8) is 0 Å². The molecule has 0 aromatic heterocycles. The van der Waals surface area contributed by atoms with Gasteiger partial charge in [-0.05, 0) is 36.2 Å². The highest BCUT2D eigenvalue weighted by Crippen LogP contribution is 2.28. The molecule has 0 aliphatic carbocycles. The van der Waals surface area contributed by atoms with Gasteiger partial charge in [-0.25, -0.2) is 0 Å². The molecule has 26 heavy (non-hydrogen) atoms. The second-order valence-corrected chi connectivity index (χ2v) is 6.09. The third kappa shape index (κ3) is 3.79. The fourth-order valence-corrected chi connectivity index (χ4v) is 3.04. The second kappa shape index (κ2) is 7.91. The number of nitrogens with one attached hydrogen (secondary N) is 1. The van der Waals surface area contributed by atoms with Gasteiger partial charge >= 0.3 is 0 Å². The quantitative estimate of drug-likeness (QED) is 0.774. The lowest BCUT2D eigenvalue weighted by atomic mass is 10.1. The third-order valence-electron chi connectivity index (χ3n) is 4.43. The molecule has 1 saturated heterocycles. The van der Waals surface area contributed by atoms with Gasteiger partial charge < -0.3 is 14.8 Å². The average molecular weight is 354 g/mol. The van der Waals surface area contributed by atoms with Crippen LogP contribution in [0, 0.1) is 0 Å². The van der Waals surface area contributed by atoms with Gasteiger partial charge in [-0.1, -0.05) is 24.3 Å². The molecule has 0 unspecified atom stereocenters. The lowest BCUT2D eigenvalue weighted by Crippen LogP contribution is -2.36. The van der Waals surface area contributed by atoms with E-state index in [9.17, 15) is 9.59 Å². The molecule has 2 aromatic rings. The zero-order valence-corrected chi connectivity index (χ0v) is 14.9. The van der Waals surface area contributed by atoms with Crippen LogP contribution in [0.25, 0.3) is 0 Å². The first-order valence-corrected chi connectivity index (χ1v) is 8.49. The number of likely N-dealkylation sites (tertiary alicyclic amines) is 1. The van der Waals surface area contributed by atoms with Crippen LogP contribution in [0.3, 0.4) is 0 Å². The summed E-state index contributed by atoms with van der Waals surface area (Å²) >= 11 is 0.